The van der Waals surface area contributed by atoms with Gasteiger partial charge in [-0.15, -0.1) is 0 Å². The van der Waals surface area contributed by atoms with Gasteiger partial charge in [0, 0.05) is 25.3 Å². The van der Waals surface area contributed by atoms with Crippen LogP contribution in [0.2, 0.25) is 0 Å². The lowest BCUT2D eigenvalue weighted by Gasteiger charge is -2.41. The fraction of sp³-hybridized carbons (Fsp3) is 0.474. The molecule has 2 saturated carbocycles. The molecule has 11 atom stereocenters. The second kappa shape index (κ2) is 14.0. The van der Waals surface area contributed by atoms with Crippen molar-refractivity contribution >= 4 is 35.4 Å². The van der Waals surface area contributed by atoms with E-state index in [9.17, 15) is 44.1 Å². The molecule has 0 bridgehead atoms. The molecule has 1 aliphatic heterocycles. The first kappa shape index (κ1) is 38.5. The van der Waals surface area contributed by atoms with Gasteiger partial charge < -0.3 is 39.0 Å². The summed E-state index contributed by atoms with van der Waals surface area (Å²) in [7, 11) is 0. The van der Waals surface area contributed by atoms with Gasteiger partial charge in [0.2, 0.25) is 0 Å². The molecule has 0 spiro atoms. The molecule has 3 N–H and O–H groups in total. The van der Waals surface area contributed by atoms with E-state index >= 15 is 0 Å². The summed E-state index contributed by atoms with van der Waals surface area (Å²) < 4.78 is 28.6. The number of ketones is 2. The number of benzene rings is 2. The summed E-state index contributed by atoms with van der Waals surface area (Å²) in [5.74, 6) is -9.49. The van der Waals surface area contributed by atoms with Gasteiger partial charge in [-0.25, -0.2) is 9.59 Å². The topological polar surface area (TPSA) is 213 Å². The summed E-state index contributed by atoms with van der Waals surface area (Å²) in [5, 5.41) is 36.7. The summed E-state index contributed by atoms with van der Waals surface area (Å²) in [6.45, 7) is 11.3. The SMILES string of the molecule is C=C1[C@H](OC(=O)c2ccccc2)[C@@H]2[C@@H](OC(C)=O)[C@](C)(O)[C@H](OC(C)=O)[C@]2(O)C(=O)[C@H](C)[C@H]2O[C@H]2C(C)(C)C(=O)[C@H](O)[C@H]1OC(=O)c1ccccc1. The van der Waals surface area contributed by atoms with Crippen molar-refractivity contribution in [3.05, 3.63) is 83.9 Å². The molecule has 3 aliphatic rings. The zero-order valence-corrected chi connectivity index (χ0v) is 29.5. The number of ether oxygens (including phenoxy) is 5. The molecule has 0 unspecified atom stereocenters. The Kier molecular flexibility index (Phi) is 10.4. The first-order valence-corrected chi connectivity index (χ1v) is 16.7. The number of fused-ring (bicyclic) bond motifs is 2. The molecular weight excluding hydrogens is 680 g/mol. The standard InChI is InChI=1S/C38H42O14/c1-18-26(51-33(44)22-14-10-8-11-15-22)24-31(48-20(3)39)37(7,46)35(49-21(4)40)38(24,47)29(42)19(2)28-32(50-28)36(5,6)30(43)25(41)27(18)52-34(45)23-16-12-9-13-17-23/h8-17,19,24-28,31-32,35,41,46-47H,1H2,2-7H3/t19-,24-,25-,26+,27+,28-,31-,32-,35+,37+,38-/m1/s1. The Balaban J connectivity index is 1.80. The third-order valence-corrected chi connectivity index (χ3v) is 10.2. The van der Waals surface area contributed by atoms with Crippen molar-refractivity contribution in [2.45, 2.75) is 95.5 Å². The van der Waals surface area contributed by atoms with Crippen molar-refractivity contribution in [2.75, 3.05) is 0 Å². The zero-order valence-electron chi connectivity index (χ0n) is 29.5. The molecule has 0 radical (unpaired) electrons. The number of aliphatic hydroxyl groups is 3. The Labute approximate surface area is 299 Å². The van der Waals surface area contributed by atoms with E-state index in [1.807, 2.05) is 0 Å². The molecule has 14 nitrogen and oxygen atoms in total. The van der Waals surface area contributed by atoms with Gasteiger partial charge in [-0.2, -0.15) is 0 Å². The van der Waals surface area contributed by atoms with Crippen molar-refractivity contribution in [1.29, 1.82) is 0 Å². The lowest BCUT2D eigenvalue weighted by Crippen LogP contribution is -2.62. The van der Waals surface area contributed by atoms with E-state index in [1.165, 1.54) is 57.2 Å². The van der Waals surface area contributed by atoms with Crippen LogP contribution in [-0.2, 0) is 42.9 Å². The van der Waals surface area contributed by atoms with Crippen LogP contribution in [0, 0.1) is 17.3 Å². The first-order valence-electron chi connectivity index (χ1n) is 16.7. The highest BCUT2D eigenvalue weighted by atomic mass is 16.6. The maximum atomic E-state index is 14.8. The molecule has 0 amide bonds. The van der Waals surface area contributed by atoms with E-state index in [1.54, 1.807) is 24.3 Å². The second-order valence-corrected chi connectivity index (χ2v) is 14.3. The van der Waals surface area contributed by atoms with Crippen molar-refractivity contribution in [1.82, 2.24) is 0 Å². The zero-order chi connectivity index (χ0) is 38.5. The van der Waals surface area contributed by atoms with E-state index in [4.69, 9.17) is 23.7 Å². The van der Waals surface area contributed by atoms with Crippen molar-refractivity contribution in [3.63, 3.8) is 0 Å². The quantitative estimate of drug-likeness (QED) is 0.168. The maximum absolute atomic E-state index is 14.8. The Morgan fingerprint density at radius 2 is 1.23 bits per heavy atom. The summed E-state index contributed by atoms with van der Waals surface area (Å²) in [4.78, 5) is 81.5. The highest BCUT2D eigenvalue weighted by molar-refractivity contribution is 5.95. The highest BCUT2D eigenvalue weighted by Crippen LogP contribution is 2.54. The van der Waals surface area contributed by atoms with E-state index in [-0.39, 0.29) is 11.1 Å². The van der Waals surface area contributed by atoms with Gasteiger partial charge in [-0.05, 0) is 31.2 Å². The van der Waals surface area contributed by atoms with Gasteiger partial charge in [-0.3, -0.25) is 19.2 Å². The largest absolute Gasteiger partial charge is 0.459 e. The molecule has 2 aromatic rings. The number of carbonyl (C=O) groups is 6. The van der Waals surface area contributed by atoms with Crippen LogP contribution in [-0.4, -0.2) is 105 Å². The minimum atomic E-state index is -3.04. The minimum Gasteiger partial charge on any atom is -0.459 e. The van der Waals surface area contributed by atoms with Gasteiger partial charge in [0.05, 0.1) is 34.7 Å². The molecule has 2 aromatic carbocycles. The Morgan fingerprint density at radius 3 is 1.71 bits per heavy atom. The average molecular weight is 723 g/mol. The molecule has 0 aromatic heterocycles. The molecular formula is C38H42O14. The minimum absolute atomic E-state index is 0.000709. The number of aliphatic hydroxyl groups excluding tert-OH is 1. The van der Waals surface area contributed by atoms with Crippen molar-refractivity contribution < 1.29 is 67.8 Å². The molecule has 1 heterocycles. The molecule has 2 aliphatic carbocycles. The Morgan fingerprint density at radius 1 is 0.750 bits per heavy atom. The van der Waals surface area contributed by atoms with Gasteiger partial charge in [0.15, 0.2) is 35.5 Å². The Bertz CT molecular complexity index is 1770. The fourth-order valence-electron chi connectivity index (χ4n) is 7.45. The first-order chi connectivity index (χ1) is 24.3. The molecule has 1 saturated heterocycles. The molecule has 278 valence electrons. The van der Waals surface area contributed by atoms with Gasteiger partial charge >= 0.3 is 23.9 Å². The van der Waals surface area contributed by atoms with Crippen molar-refractivity contribution in [2.24, 2.45) is 17.3 Å². The van der Waals surface area contributed by atoms with Crippen LogP contribution in [0.3, 0.4) is 0 Å². The number of hydrogen-bond acceptors (Lipinski definition) is 14. The number of Topliss-reactive ketones (excluding diaryl/α,β-unsaturated/α-hetero) is 2. The van der Waals surface area contributed by atoms with Crippen LogP contribution in [0.5, 0.6) is 0 Å². The number of hydrogen-bond donors (Lipinski definition) is 3. The molecule has 3 fully saturated rings. The lowest BCUT2D eigenvalue weighted by molar-refractivity contribution is -0.193. The number of carbonyl (C=O) groups excluding carboxylic acids is 6. The van der Waals surface area contributed by atoms with Gasteiger partial charge in [0.1, 0.15) is 17.8 Å². The summed E-state index contributed by atoms with van der Waals surface area (Å²) in [6, 6.07) is 15.0. The van der Waals surface area contributed by atoms with Crippen LogP contribution in [0.25, 0.3) is 0 Å². The van der Waals surface area contributed by atoms with E-state index in [2.05, 4.69) is 6.58 Å². The van der Waals surface area contributed by atoms with Crippen LogP contribution >= 0.6 is 0 Å². The van der Waals surface area contributed by atoms with Crippen molar-refractivity contribution in [3.8, 4) is 0 Å². The van der Waals surface area contributed by atoms with E-state index in [0.29, 0.717) is 0 Å². The Hall–Kier alpha value is -4.76. The number of rotatable bonds is 6. The number of epoxide rings is 1. The van der Waals surface area contributed by atoms with Crippen LogP contribution < -0.4 is 0 Å². The summed E-state index contributed by atoms with van der Waals surface area (Å²) >= 11 is 0. The third kappa shape index (κ3) is 6.67. The second-order valence-electron chi connectivity index (χ2n) is 14.3. The third-order valence-electron chi connectivity index (χ3n) is 10.2. The maximum Gasteiger partial charge on any atom is 0.338 e. The predicted octanol–water partition coefficient (Wildman–Crippen LogP) is 1.91. The summed E-state index contributed by atoms with van der Waals surface area (Å²) in [6.07, 6.45) is -12.5. The average Bonchev–Trinajstić information content (AvgIpc) is 3.90. The number of esters is 4. The summed E-state index contributed by atoms with van der Waals surface area (Å²) in [5.41, 5.74) is -7.72. The van der Waals surface area contributed by atoms with Crippen LogP contribution in [0.15, 0.2) is 72.8 Å². The lowest BCUT2D eigenvalue weighted by atomic mass is 9.70. The highest BCUT2D eigenvalue weighted by Gasteiger charge is 2.76. The van der Waals surface area contributed by atoms with Crippen LogP contribution in [0.1, 0.15) is 62.3 Å². The van der Waals surface area contributed by atoms with Gasteiger partial charge in [-0.1, -0.05) is 63.7 Å². The predicted molar refractivity (Wildman–Crippen MR) is 178 cm³/mol. The van der Waals surface area contributed by atoms with Gasteiger partial charge in [0.25, 0.3) is 0 Å². The molecule has 14 heteroatoms. The molecule has 5 rings (SSSR count). The van der Waals surface area contributed by atoms with E-state index < -0.39 is 112 Å². The van der Waals surface area contributed by atoms with E-state index in [0.717, 1.165) is 20.8 Å². The fourth-order valence-corrected chi connectivity index (χ4v) is 7.45. The monoisotopic (exact) mass is 722 g/mol. The normalized spacial score (nSPS) is 35.5. The van der Waals surface area contributed by atoms with Crippen LogP contribution in [0.4, 0.5) is 0 Å². The smallest absolute Gasteiger partial charge is 0.338 e. The molecule has 52 heavy (non-hydrogen) atoms.